The first-order chi connectivity index (χ1) is 13.2. The van der Waals surface area contributed by atoms with Crippen LogP contribution in [0.15, 0.2) is 59.4 Å². The number of aromatic nitrogens is 2. The second kappa shape index (κ2) is 7.61. The molecule has 2 heterocycles. The summed E-state index contributed by atoms with van der Waals surface area (Å²) in [6.45, 7) is 2.20. The number of hydrogen-bond acceptors (Lipinski definition) is 4. The van der Waals surface area contributed by atoms with Crippen LogP contribution in [0.3, 0.4) is 0 Å². The second-order valence-corrected chi connectivity index (χ2v) is 6.79. The number of amides is 1. The predicted octanol–water partition coefficient (Wildman–Crippen LogP) is 2.31. The van der Waals surface area contributed by atoms with E-state index in [9.17, 15) is 9.59 Å². The maximum Gasteiger partial charge on any atom is 0.275 e. The van der Waals surface area contributed by atoms with Gasteiger partial charge < -0.3 is 10.2 Å². The zero-order chi connectivity index (χ0) is 18.6. The topological polar surface area (TPSA) is 67.2 Å². The van der Waals surface area contributed by atoms with E-state index >= 15 is 0 Å². The molecule has 0 unspecified atom stereocenters. The Balaban J connectivity index is 1.60. The minimum atomic E-state index is -0.233. The maximum absolute atomic E-state index is 12.8. The van der Waals surface area contributed by atoms with E-state index in [1.54, 1.807) is 6.07 Å². The Hall–Kier alpha value is -3.15. The van der Waals surface area contributed by atoms with E-state index in [2.05, 4.69) is 15.3 Å². The normalized spacial score (nSPS) is 13.9. The first-order valence-electron chi connectivity index (χ1n) is 9.28. The van der Waals surface area contributed by atoms with Crippen molar-refractivity contribution in [2.24, 2.45) is 0 Å². The molecule has 6 heteroatoms. The summed E-state index contributed by atoms with van der Waals surface area (Å²) in [6.07, 6.45) is 2.24. The number of carbonyl (C=O) groups is 1. The molecule has 0 aliphatic carbocycles. The molecule has 0 saturated carbocycles. The third kappa shape index (κ3) is 3.69. The fourth-order valence-corrected chi connectivity index (χ4v) is 3.48. The van der Waals surface area contributed by atoms with E-state index in [0.29, 0.717) is 11.9 Å². The molecular formula is C21H22N4O2. The molecule has 0 radical (unpaired) electrons. The van der Waals surface area contributed by atoms with Crippen molar-refractivity contribution in [1.29, 1.82) is 0 Å². The van der Waals surface area contributed by atoms with Gasteiger partial charge in [-0.25, -0.2) is 4.68 Å². The van der Waals surface area contributed by atoms with Crippen LogP contribution in [0.1, 0.15) is 18.4 Å². The van der Waals surface area contributed by atoms with Crippen LogP contribution in [0.5, 0.6) is 0 Å². The zero-order valence-electron chi connectivity index (χ0n) is 15.1. The van der Waals surface area contributed by atoms with Crippen molar-refractivity contribution in [1.82, 2.24) is 15.1 Å². The van der Waals surface area contributed by atoms with Gasteiger partial charge in [0.25, 0.3) is 5.56 Å². The number of nitrogens with one attached hydrogen (secondary N) is 1. The molecule has 1 N–H and O–H groups in total. The summed E-state index contributed by atoms with van der Waals surface area (Å²) in [4.78, 5) is 27.4. The number of nitrogens with zero attached hydrogens (tertiary/aromatic N) is 3. The number of hydrogen-bond donors (Lipinski definition) is 1. The summed E-state index contributed by atoms with van der Waals surface area (Å²) in [5.74, 6) is 0.565. The summed E-state index contributed by atoms with van der Waals surface area (Å²) in [5.41, 5.74) is 0.783. The van der Waals surface area contributed by atoms with Crippen LogP contribution in [0.2, 0.25) is 0 Å². The number of anilines is 1. The highest BCUT2D eigenvalue weighted by Gasteiger charge is 2.19. The quantitative estimate of drug-likeness (QED) is 0.756. The van der Waals surface area contributed by atoms with Crippen LogP contribution in [0.25, 0.3) is 10.8 Å². The summed E-state index contributed by atoms with van der Waals surface area (Å²) >= 11 is 0. The van der Waals surface area contributed by atoms with Crippen LogP contribution in [-0.4, -0.2) is 28.8 Å². The Labute approximate surface area is 157 Å². The Morgan fingerprint density at radius 3 is 2.37 bits per heavy atom. The molecule has 27 heavy (non-hydrogen) atoms. The van der Waals surface area contributed by atoms with Crippen LogP contribution in [0, 0.1) is 0 Å². The lowest BCUT2D eigenvalue weighted by Gasteiger charge is -2.19. The molecule has 1 saturated heterocycles. The summed E-state index contributed by atoms with van der Waals surface area (Å²) < 4.78 is 1.29. The largest absolute Gasteiger partial charge is 0.355 e. The van der Waals surface area contributed by atoms with Crippen molar-refractivity contribution >= 4 is 22.5 Å². The summed E-state index contributed by atoms with van der Waals surface area (Å²) in [7, 11) is 0. The number of rotatable bonds is 5. The van der Waals surface area contributed by atoms with Crippen molar-refractivity contribution in [3.05, 3.63) is 70.5 Å². The highest BCUT2D eigenvalue weighted by atomic mass is 16.2. The molecule has 3 aromatic rings. The Morgan fingerprint density at radius 1 is 0.963 bits per heavy atom. The average molecular weight is 362 g/mol. The van der Waals surface area contributed by atoms with E-state index in [1.165, 1.54) is 4.68 Å². The van der Waals surface area contributed by atoms with E-state index < -0.39 is 0 Å². The first-order valence-corrected chi connectivity index (χ1v) is 9.28. The highest BCUT2D eigenvalue weighted by Crippen LogP contribution is 2.25. The molecular weight excluding hydrogens is 340 g/mol. The molecule has 0 atom stereocenters. The molecule has 2 aromatic carbocycles. The average Bonchev–Trinajstić information content (AvgIpc) is 3.24. The number of carbonyl (C=O) groups excluding carboxylic acids is 1. The molecule has 1 aromatic heterocycles. The molecule has 1 aliphatic heterocycles. The molecule has 1 aliphatic rings. The summed E-state index contributed by atoms with van der Waals surface area (Å²) in [5, 5.41) is 8.86. The first kappa shape index (κ1) is 17.3. The van der Waals surface area contributed by atoms with Crippen LogP contribution in [0.4, 0.5) is 5.82 Å². The molecule has 1 amide bonds. The van der Waals surface area contributed by atoms with Crippen molar-refractivity contribution in [3.63, 3.8) is 0 Å². The predicted molar refractivity (Wildman–Crippen MR) is 106 cm³/mol. The molecule has 6 nitrogen and oxygen atoms in total. The Kier molecular flexibility index (Phi) is 4.87. The molecule has 1 fully saturated rings. The lowest BCUT2D eigenvalue weighted by Crippen LogP contribution is -2.35. The van der Waals surface area contributed by atoms with Gasteiger partial charge in [-0.3, -0.25) is 9.59 Å². The second-order valence-electron chi connectivity index (χ2n) is 6.79. The van der Waals surface area contributed by atoms with Gasteiger partial charge in [0.05, 0.1) is 5.39 Å². The van der Waals surface area contributed by atoms with Gasteiger partial charge in [-0.1, -0.05) is 48.5 Å². The Morgan fingerprint density at radius 2 is 1.63 bits per heavy atom. The zero-order valence-corrected chi connectivity index (χ0v) is 15.1. The third-order valence-corrected chi connectivity index (χ3v) is 4.88. The van der Waals surface area contributed by atoms with Gasteiger partial charge in [0.2, 0.25) is 5.91 Å². The molecule has 4 rings (SSSR count). The van der Waals surface area contributed by atoms with Gasteiger partial charge >= 0.3 is 0 Å². The lowest BCUT2D eigenvalue weighted by molar-refractivity contribution is -0.122. The van der Waals surface area contributed by atoms with Crippen LogP contribution >= 0.6 is 0 Å². The Bertz CT molecular complexity index is 1010. The van der Waals surface area contributed by atoms with Gasteiger partial charge in [-0.15, -0.1) is 0 Å². The highest BCUT2D eigenvalue weighted by molar-refractivity contribution is 5.91. The molecule has 138 valence electrons. The van der Waals surface area contributed by atoms with Gasteiger partial charge in [-0.05, 0) is 24.5 Å². The van der Waals surface area contributed by atoms with Crippen LogP contribution in [-0.2, 0) is 17.9 Å². The summed E-state index contributed by atoms with van der Waals surface area (Å²) in [6, 6.07) is 17.2. The van der Waals surface area contributed by atoms with E-state index in [-0.39, 0.29) is 18.0 Å². The fraction of sp³-hybridized carbons (Fsp3) is 0.286. The number of benzene rings is 2. The van der Waals surface area contributed by atoms with E-state index in [0.717, 1.165) is 42.7 Å². The standard InChI is InChI=1S/C21H22N4O2/c26-19(22-14-16-8-2-1-3-9-16)15-25-21(27)18-11-5-4-10-17(18)20(23-25)24-12-6-7-13-24/h1-5,8-11H,6-7,12-15H2,(H,22,26). The van der Waals surface area contributed by atoms with Crippen molar-refractivity contribution in [2.45, 2.75) is 25.9 Å². The fourth-order valence-electron chi connectivity index (χ4n) is 3.48. The van der Waals surface area contributed by atoms with Gasteiger partial charge in [0, 0.05) is 25.0 Å². The third-order valence-electron chi connectivity index (χ3n) is 4.88. The van der Waals surface area contributed by atoms with Gasteiger partial charge in [0.15, 0.2) is 5.82 Å². The van der Waals surface area contributed by atoms with Gasteiger partial charge in [-0.2, -0.15) is 5.10 Å². The smallest absolute Gasteiger partial charge is 0.275 e. The van der Waals surface area contributed by atoms with Gasteiger partial charge in [0.1, 0.15) is 6.54 Å². The number of fused-ring (bicyclic) bond motifs is 1. The van der Waals surface area contributed by atoms with Crippen LogP contribution < -0.4 is 15.8 Å². The molecule has 0 spiro atoms. The minimum Gasteiger partial charge on any atom is -0.355 e. The van der Waals surface area contributed by atoms with Crippen molar-refractivity contribution in [2.75, 3.05) is 18.0 Å². The van der Waals surface area contributed by atoms with E-state index in [1.807, 2.05) is 48.5 Å². The minimum absolute atomic E-state index is 0.0860. The monoisotopic (exact) mass is 362 g/mol. The maximum atomic E-state index is 12.8. The lowest BCUT2D eigenvalue weighted by atomic mass is 10.2. The van der Waals surface area contributed by atoms with Crippen molar-refractivity contribution in [3.8, 4) is 0 Å². The SMILES string of the molecule is O=C(Cn1nc(N2CCCC2)c2ccccc2c1=O)NCc1ccccc1. The molecule has 0 bridgehead atoms. The van der Waals surface area contributed by atoms with Crippen molar-refractivity contribution < 1.29 is 4.79 Å². The van der Waals surface area contributed by atoms with E-state index in [4.69, 9.17) is 0 Å².